The zero-order valence-corrected chi connectivity index (χ0v) is 10.7. The van der Waals surface area contributed by atoms with Gasteiger partial charge in [-0.2, -0.15) is 0 Å². The maximum absolute atomic E-state index is 11.4. The van der Waals surface area contributed by atoms with Crippen molar-refractivity contribution in [3.8, 4) is 0 Å². The van der Waals surface area contributed by atoms with E-state index in [2.05, 4.69) is 23.8 Å². The molecule has 1 unspecified atom stereocenters. The summed E-state index contributed by atoms with van der Waals surface area (Å²) in [5, 5.41) is 1.06. The summed E-state index contributed by atoms with van der Waals surface area (Å²) in [6.45, 7) is 7.64. The molecule has 0 aliphatic rings. The van der Waals surface area contributed by atoms with Gasteiger partial charge in [0.2, 0.25) is 0 Å². The van der Waals surface area contributed by atoms with Gasteiger partial charge in [0.05, 0.1) is 11.6 Å². The summed E-state index contributed by atoms with van der Waals surface area (Å²) in [5.74, 6) is -0.0125. The van der Waals surface area contributed by atoms with Crippen LogP contribution in [0.3, 0.4) is 0 Å². The monoisotopic (exact) mass is 234 g/mol. The Balaban J connectivity index is 2.74. The minimum absolute atomic E-state index is 0.142. The Labute approximate surface area is 98.5 Å². The van der Waals surface area contributed by atoms with Crippen LogP contribution in [0.2, 0.25) is 0 Å². The summed E-state index contributed by atoms with van der Waals surface area (Å²) >= 11 is 1.66. The number of carbonyl (C=O) groups is 1. The first-order valence-electron chi connectivity index (χ1n) is 5.23. The summed E-state index contributed by atoms with van der Waals surface area (Å²) in [6, 6.07) is 0. The third-order valence-corrected chi connectivity index (χ3v) is 4.13. The van der Waals surface area contributed by atoms with Crippen molar-refractivity contribution in [2.45, 2.75) is 33.6 Å². The lowest BCUT2D eigenvalue weighted by atomic mass is 9.99. The van der Waals surface area contributed by atoms with Crippen LogP contribution in [0.5, 0.6) is 0 Å². The van der Waals surface area contributed by atoms with Gasteiger partial charge < -0.3 is 0 Å². The van der Waals surface area contributed by atoms with Crippen molar-refractivity contribution in [2.75, 3.05) is 0 Å². The topological polar surface area (TPSA) is 42.9 Å². The highest BCUT2D eigenvalue weighted by atomic mass is 32.1. The molecule has 84 valence electrons. The van der Waals surface area contributed by atoms with Crippen molar-refractivity contribution in [2.24, 2.45) is 0 Å². The highest BCUT2D eigenvalue weighted by molar-refractivity contribution is 7.18. The largest absolute Gasteiger partial charge is 0.299 e. The van der Waals surface area contributed by atoms with Gasteiger partial charge >= 0.3 is 0 Å². The van der Waals surface area contributed by atoms with Gasteiger partial charge in [-0.15, -0.1) is 11.3 Å². The molecule has 0 N–H and O–H groups in total. The Morgan fingerprint density at radius 3 is 2.69 bits per heavy atom. The Morgan fingerprint density at radius 2 is 2.06 bits per heavy atom. The molecule has 0 aromatic carbocycles. The van der Waals surface area contributed by atoms with Crippen LogP contribution in [0, 0.1) is 13.8 Å². The molecule has 0 saturated carbocycles. The first-order chi connectivity index (χ1) is 7.52. The lowest BCUT2D eigenvalue weighted by molar-refractivity contribution is -0.118. The number of aromatic nitrogens is 2. The van der Waals surface area contributed by atoms with Gasteiger partial charge in [0.1, 0.15) is 16.9 Å². The molecule has 3 nitrogen and oxygen atoms in total. The molecule has 0 bridgehead atoms. The van der Waals surface area contributed by atoms with Gasteiger partial charge in [-0.1, -0.05) is 0 Å². The van der Waals surface area contributed by atoms with E-state index in [4.69, 9.17) is 0 Å². The molecular formula is C12H14N2OS. The first-order valence-corrected chi connectivity index (χ1v) is 6.05. The van der Waals surface area contributed by atoms with E-state index in [1.165, 1.54) is 10.4 Å². The molecule has 0 saturated heterocycles. The van der Waals surface area contributed by atoms with Crippen LogP contribution in [0.15, 0.2) is 6.33 Å². The summed E-state index contributed by atoms with van der Waals surface area (Å²) < 4.78 is 0. The Bertz CT molecular complexity index is 559. The molecule has 0 amide bonds. The van der Waals surface area contributed by atoms with E-state index in [1.54, 1.807) is 24.6 Å². The van der Waals surface area contributed by atoms with Crippen molar-refractivity contribution in [3.05, 3.63) is 22.5 Å². The Hall–Kier alpha value is -1.29. The smallest absolute Gasteiger partial charge is 0.138 e. The summed E-state index contributed by atoms with van der Waals surface area (Å²) in [5.41, 5.74) is 2.06. The fraction of sp³-hybridized carbons (Fsp3) is 0.417. The third kappa shape index (κ3) is 1.63. The van der Waals surface area contributed by atoms with E-state index >= 15 is 0 Å². The van der Waals surface area contributed by atoms with E-state index in [0.717, 1.165) is 15.9 Å². The van der Waals surface area contributed by atoms with Gasteiger partial charge in [0.15, 0.2) is 0 Å². The molecule has 0 radical (unpaired) electrons. The Morgan fingerprint density at radius 1 is 1.38 bits per heavy atom. The average Bonchev–Trinajstić information content (AvgIpc) is 2.54. The molecule has 2 aromatic heterocycles. The first kappa shape index (κ1) is 11.2. The quantitative estimate of drug-likeness (QED) is 0.802. The molecule has 1 atom stereocenters. The standard InChI is InChI=1S/C12H14N2OS/c1-6(8(3)15)11-10-7(2)9(4)16-12(10)14-5-13-11/h5-6H,1-4H3. The number of carbonyl (C=O) groups excluding carboxylic acids is 1. The lowest BCUT2D eigenvalue weighted by Crippen LogP contribution is -2.07. The van der Waals surface area contributed by atoms with Crippen LogP contribution in [-0.2, 0) is 4.79 Å². The predicted octanol–water partition coefficient (Wildman–Crippen LogP) is 3.00. The van der Waals surface area contributed by atoms with Gasteiger partial charge in [-0.3, -0.25) is 4.79 Å². The van der Waals surface area contributed by atoms with E-state index < -0.39 is 0 Å². The van der Waals surface area contributed by atoms with Gasteiger partial charge in [0.25, 0.3) is 0 Å². The molecule has 0 aliphatic heterocycles. The third-order valence-electron chi connectivity index (χ3n) is 3.01. The van der Waals surface area contributed by atoms with Crippen LogP contribution in [0.4, 0.5) is 0 Å². The predicted molar refractivity (Wildman–Crippen MR) is 66.0 cm³/mol. The lowest BCUT2D eigenvalue weighted by Gasteiger charge is -2.08. The second-order valence-corrected chi connectivity index (χ2v) is 5.26. The number of fused-ring (bicyclic) bond motifs is 1. The molecule has 2 aromatic rings. The molecule has 0 spiro atoms. The van der Waals surface area contributed by atoms with Crippen molar-refractivity contribution in [1.82, 2.24) is 9.97 Å². The molecule has 4 heteroatoms. The zero-order valence-electron chi connectivity index (χ0n) is 9.87. The van der Waals surface area contributed by atoms with Crippen LogP contribution in [0.25, 0.3) is 10.2 Å². The summed E-state index contributed by atoms with van der Waals surface area (Å²) in [7, 11) is 0. The average molecular weight is 234 g/mol. The minimum atomic E-state index is -0.154. The van der Waals surface area contributed by atoms with Gasteiger partial charge in [-0.25, -0.2) is 9.97 Å². The summed E-state index contributed by atoms with van der Waals surface area (Å²) in [4.78, 5) is 22.2. The number of rotatable bonds is 2. The van der Waals surface area contributed by atoms with E-state index in [-0.39, 0.29) is 11.7 Å². The van der Waals surface area contributed by atoms with Gasteiger partial charge in [-0.05, 0) is 33.3 Å². The zero-order chi connectivity index (χ0) is 11.9. The van der Waals surface area contributed by atoms with Crippen LogP contribution < -0.4 is 0 Å². The van der Waals surface area contributed by atoms with Crippen molar-refractivity contribution in [3.63, 3.8) is 0 Å². The van der Waals surface area contributed by atoms with Crippen molar-refractivity contribution >= 4 is 27.3 Å². The molecule has 0 aliphatic carbocycles. The number of hydrogen-bond donors (Lipinski definition) is 0. The van der Waals surface area contributed by atoms with Crippen molar-refractivity contribution < 1.29 is 4.79 Å². The number of aryl methyl sites for hydroxylation is 2. The SMILES string of the molecule is CC(=O)C(C)c1ncnc2sc(C)c(C)c12. The maximum Gasteiger partial charge on any atom is 0.138 e. The number of nitrogens with zero attached hydrogens (tertiary/aromatic N) is 2. The minimum Gasteiger partial charge on any atom is -0.299 e. The van der Waals surface area contributed by atoms with Gasteiger partial charge in [0, 0.05) is 10.3 Å². The molecule has 2 rings (SSSR count). The van der Waals surface area contributed by atoms with Crippen molar-refractivity contribution in [1.29, 1.82) is 0 Å². The van der Waals surface area contributed by atoms with Crippen LogP contribution >= 0.6 is 11.3 Å². The van der Waals surface area contributed by atoms with E-state index in [0.29, 0.717) is 0 Å². The highest BCUT2D eigenvalue weighted by Gasteiger charge is 2.19. The Kier molecular flexibility index (Phi) is 2.76. The maximum atomic E-state index is 11.4. The number of ketones is 1. The summed E-state index contributed by atoms with van der Waals surface area (Å²) in [6.07, 6.45) is 1.55. The highest BCUT2D eigenvalue weighted by Crippen LogP contribution is 2.33. The second kappa shape index (κ2) is 3.94. The normalized spacial score (nSPS) is 13.0. The molecule has 0 fully saturated rings. The van der Waals surface area contributed by atoms with E-state index in [1.807, 2.05) is 6.92 Å². The number of Topliss-reactive ketones (excluding diaryl/α,β-unsaturated/α-hetero) is 1. The molecule has 2 heterocycles. The number of hydrogen-bond acceptors (Lipinski definition) is 4. The fourth-order valence-electron chi connectivity index (χ4n) is 1.73. The van der Waals surface area contributed by atoms with E-state index in [9.17, 15) is 4.79 Å². The molecular weight excluding hydrogens is 220 g/mol. The molecule has 16 heavy (non-hydrogen) atoms. The fourth-order valence-corrected chi connectivity index (χ4v) is 2.74. The second-order valence-electron chi connectivity index (χ2n) is 4.05. The number of thiophene rings is 1. The van der Waals surface area contributed by atoms with Crippen LogP contribution in [0.1, 0.15) is 35.9 Å². The van der Waals surface area contributed by atoms with Crippen LogP contribution in [-0.4, -0.2) is 15.8 Å².